The van der Waals surface area contributed by atoms with Crippen molar-refractivity contribution in [1.29, 1.82) is 0 Å². The van der Waals surface area contributed by atoms with Crippen molar-refractivity contribution in [2.75, 3.05) is 11.5 Å². The lowest BCUT2D eigenvalue weighted by molar-refractivity contribution is 0.0941. The molecule has 0 bridgehead atoms. The van der Waals surface area contributed by atoms with Gasteiger partial charge < -0.3 is 10.4 Å². The summed E-state index contributed by atoms with van der Waals surface area (Å²) in [6.07, 6.45) is 0. The van der Waals surface area contributed by atoms with Crippen molar-refractivity contribution >= 4 is 28.4 Å². The summed E-state index contributed by atoms with van der Waals surface area (Å²) < 4.78 is 0. The summed E-state index contributed by atoms with van der Waals surface area (Å²) in [7, 11) is 0. The molecule has 0 aliphatic heterocycles. The first-order valence-corrected chi connectivity index (χ1v) is 7.87. The lowest BCUT2D eigenvalue weighted by atomic mass is 10.1. The molecule has 0 aliphatic rings. The first-order valence-electron chi connectivity index (χ1n) is 6.72. The number of hydrogen-bond acceptors (Lipinski definition) is 3. The monoisotopic (exact) mass is 289 g/mol. The highest BCUT2D eigenvalue weighted by Gasteiger charge is 2.14. The Labute approximate surface area is 123 Å². The normalized spacial score (nSPS) is 12.3. The van der Waals surface area contributed by atoms with Crippen LogP contribution in [0.5, 0.6) is 5.75 Å². The number of carbonyl (C=O) groups excluding carboxylic acids is 1. The van der Waals surface area contributed by atoms with Crippen molar-refractivity contribution in [2.45, 2.75) is 19.9 Å². The standard InChI is InChI=1S/C16H19NO2S/c1-3-20-10-11(2)17-16(19)14-8-12-6-4-5-7-13(12)9-15(14)18/h4-9,11,18H,3,10H2,1-2H3,(H,17,19). The van der Waals surface area contributed by atoms with Gasteiger partial charge in [-0.25, -0.2) is 0 Å². The number of carbonyl (C=O) groups is 1. The van der Waals surface area contributed by atoms with Crippen LogP contribution in [0, 0.1) is 0 Å². The maximum atomic E-state index is 12.2. The molecule has 0 heterocycles. The fourth-order valence-electron chi connectivity index (χ4n) is 2.05. The van der Waals surface area contributed by atoms with E-state index in [9.17, 15) is 9.90 Å². The van der Waals surface area contributed by atoms with Crippen LogP contribution in [0.1, 0.15) is 24.2 Å². The second kappa shape index (κ2) is 6.66. The molecule has 1 amide bonds. The Bertz CT molecular complexity index is 612. The van der Waals surface area contributed by atoms with Crippen molar-refractivity contribution in [3.8, 4) is 5.75 Å². The second-order valence-corrected chi connectivity index (χ2v) is 6.07. The third-order valence-corrected chi connectivity index (χ3v) is 4.20. The van der Waals surface area contributed by atoms with Gasteiger partial charge in [0, 0.05) is 11.8 Å². The molecule has 3 nitrogen and oxygen atoms in total. The lowest BCUT2D eigenvalue weighted by Gasteiger charge is -2.14. The molecule has 2 N–H and O–H groups in total. The summed E-state index contributed by atoms with van der Waals surface area (Å²) >= 11 is 1.78. The molecule has 0 saturated heterocycles. The van der Waals surface area contributed by atoms with Crippen LogP contribution in [0.15, 0.2) is 36.4 Å². The molecule has 1 atom stereocenters. The average molecular weight is 289 g/mol. The van der Waals surface area contributed by atoms with Crippen LogP contribution >= 0.6 is 11.8 Å². The maximum Gasteiger partial charge on any atom is 0.255 e. The Morgan fingerprint density at radius 2 is 1.95 bits per heavy atom. The van der Waals surface area contributed by atoms with E-state index in [4.69, 9.17) is 0 Å². The fraction of sp³-hybridized carbons (Fsp3) is 0.312. The highest BCUT2D eigenvalue weighted by molar-refractivity contribution is 7.99. The number of hydrogen-bond donors (Lipinski definition) is 2. The van der Waals surface area contributed by atoms with Crippen molar-refractivity contribution < 1.29 is 9.90 Å². The van der Waals surface area contributed by atoms with Gasteiger partial charge in [-0.3, -0.25) is 4.79 Å². The van der Waals surface area contributed by atoms with Crippen LogP contribution in [0.2, 0.25) is 0 Å². The summed E-state index contributed by atoms with van der Waals surface area (Å²) in [5, 5.41) is 14.8. The number of phenolic OH excluding ortho intramolecular Hbond substituents is 1. The number of phenols is 1. The predicted octanol–water partition coefficient (Wildman–Crippen LogP) is 3.42. The van der Waals surface area contributed by atoms with Gasteiger partial charge >= 0.3 is 0 Å². The van der Waals surface area contributed by atoms with Crippen molar-refractivity contribution in [3.05, 3.63) is 42.0 Å². The highest BCUT2D eigenvalue weighted by atomic mass is 32.2. The quantitative estimate of drug-likeness (QED) is 0.886. The van der Waals surface area contributed by atoms with E-state index in [1.165, 1.54) is 0 Å². The predicted molar refractivity (Wildman–Crippen MR) is 85.5 cm³/mol. The molecule has 106 valence electrons. The Kier molecular flexibility index (Phi) is 4.90. The van der Waals surface area contributed by atoms with Crippen LogP contribution in [0.4, 0.5) is 0 Å². The Balaban J connectivity index is 2.19. The molecule has 20 heavy (non-hydrogen) atoms. The minimum Gasteiger partial charge on any atom is -0.507 e. The maximum absolute atomic E-state index is 12.2. The van der Waals surface area contributed by atoms with Crippen molar-refractivity contribution in [3.63, 3.8) is 0 Å². The second-order valence-electron chi connectivity index (χ2n) is 4.75. The molecule has 0 fully saturated rings. The highest BCUT2D eigenvalue weighted by Crippen LogP contribution is 2.25. The average Bonchev–Trinajstić information content (AvgIpc) is 2.44. The molecule has 0 spiro atoms. The minimum atomic E-state index is -0.225. The van der Waals surface area contributed by atoms with Gasteiger partial charge in [-0.05, 0) is 35.6 Å². The van der Waals surface area contributed by atoms with E-state index >= 15 is 0 Å². The Morgan fingerprint density at radius 3 is 2.60 bits per heavy atom. The summed E-state index contributed by atoms with van der Waals surface area (Å²) in [5.74, 6) is 1.70. The topological polar surface area (TPSA) is 49.3 Å². The van der Waals surface area contributed by atoms with E-state index in [0.29, 0.717) is 5.56 Å². The summed E-state index contributed by atoms with van der Waals surface area (Å²) in [6, 6.07) is 11.1. The number of nitrogens with one attached hydrogen (secondary N) is 1. The molecule has 0 saturated carbocycles. The van der Waals surface area contributed by atoms with E-state index in [1.54, 1.807) is 23.9 Å². The third-order valence-electron chi connectivity index (χ3n) is 3.06. The van der Waals surface area contributed by atoms with Gasteiger partial charge in [0.2, 0.25) is 0 Å². The zero-order valence-electron chi connectivity index (χ0n) is 11.7. The molecule has 1 unspecified atom stereocenters. The van der Waals surface area contributed by atoms with Crippen LogP contribution in [-0.2, 0) is 0 Å². The smallest absolute Gasteiger partial charge is 0.255 e. The van der Waals surface area contributed by atoms with Gasteiger partial charge in [0.05, 0.1) is 5.56 Å². The molecule has 0 aromatic heterocycles. The number of fused-ring (bicyclic) bond motifs is 1. The molecular weight excluding hydrogens is 270 g/mol. The van der Waals surface area contributed by atoms with Gasteiger partial charge in [0.25, 0.3) is 5.91 Å². The Hall–Kier alpha value is -1.68. The van der Waals surface area contributed by atoms with Gasteiger partial charge in [0.1, 0.15) is 5.75 Å². The van der Waals surface area contributed by atoms with Crippen LogP contribution in [-0.4, -0.2) is 28.6 Å². The number of benzene rings is 2. The van der Waals surface area contributed by atoms with Gasteiger partial charge in [-0.2, -0.15) is 11.8 Å². The van der Waals surface area contributed by atoms with Crippen LogP contribution in [0.25, 0.3) is 10.8 Å². The minimum absolute atomic E-state index is 0.0246. The van der Waals surface area contributed by atoms with Gasteiger partial charge in [-0.1, -0.05) is 31.2 Å². The lowest BCUT2D eigenvalue weighted by Crippen LogP contribution is -2.34. The fourth-order valence-corrected chi connectivity index (χ4v) is 2.72. The number of thioether (sulfide) groups is 1. The summed E-state index contributed by atoms with van der Waals surface area (Å²) in [5.41, 5.74) is 0.331. The largest absolute Gasteiger partial charge is 0.507 e. The van der Waals surface area contributed by atoms with E-state index in [0.717, 1.165) is 22.3 Å². The first-order chi connectivity index (χ1) is 9.61. The summed E-state index contributed by atoms with van der Waals surface area (Å²) in [6.45, 7) is 4.06. The van der Waals surface area contributed by atoms with E-state index < -0.39 is 0 Å². The van der Waals surface area contributed by atoms with Crippen molar-refractivity contribution in [2.24, 2.45) is 0 Å². The van der Waals surface area contributed by atoms with Gasteiger partial charge in [0.15, 0.2) is 0 Å². The van der Waals surface area contributed by atoms with Crippen molar-refractivity contribution in [1.82, 2.24) is 5.32 Å². The number of rotatable bonds is 5. The molecule has 2 aromatic rings. The third kappa shape index (κ3) is 3.45. The zero-order chi connectivity index (χ0) is 14.5. The molecule has 2 aromatic carbocycles. The first kappa shape index (κ1) is 14.7. The van der Waals surface area contributed by atoms with Crippen LogP contribution < -0.4 is 5.32 Å². The van der Waals surface area contributed by atoms with E-state index in [2.05, 4.69) is 12.2 Å². The molecule has 0 aliphatic carbocycles. The molecule has 0 radical (unpaired) electrons. The number of amides is 1. The SMILES string of the molecule is CCSCC(C)NC(=O)c1cc2ccccc2cc1O. The van der Waals surface area contributed by atoms with E-state index in [-0.39, 0.29) is 17.7 Å². The van der Waals surface area contributed by atoms with E-state index in [1.807, 2.05) is 31.2 Å². The molecule has 2 rings (SSSR count). The zero-order valence-corrected chi connectivity index (χ0v) is 12.5. The summed E-state index contributed by atoms with van der Waals surface area (Å²) in [4.78, 5) is 12.2. The molecular formula is C16H19NO2S. The van der Waals surface area contributed by atoms with Gasteiger partial charge in [-0.15, -0.1) is 0 Å². The molecule has 4 heteroatoms. The Morgan fingerprint density at radius 1 is 1.30 bits per heavy atom. The number of aromatic hydroxyl groups is 1. The van der Waals surface area contributed by atoms with Crippen LogP contribution in [0.3, 0.4) is 0 Å².